The number of carbonyl (C=O) groups is 2. The Kier molecular flexibility index (Phi) is 6.07. The third-order valence-electron chi connectivity index (χ3n) is 6.38. The summed E-state index contributed by atoms with van der Waals surface area (Å²) in [6, 6.07) is 16.0. The summed E-state index contributed by atoms with van der Waals surface area (Å²) in [5, 5.41) is 6.12. The number of halogens is 1. The zero-order chi connectivity index (χ0) is 22.0. The summed E-state index contributed by atoms with van der Waals surface area (Å²) >= 11 is 0. The molecule has 0 spiro atoms. The molecule has 164 valence electrons. The topological polar surface area (TPSA) is 64.7 Å². The molecule has 0 aromatic heterocycles. The molecule has 0 saturated carbocycles. The van der Waals surface area contributed by atoms with Crippen LogP contribution in [0.3, 0.4) is 0 Å². The summed E-state index contributed by atoms with van der Waals surface area (Å²) < 4.78 is 13.2. The number of hydrogen-bond acceptors (Lipinski definition) is 4. The molecule has 31 heavy (non-hydrogen) atoms. The van der Waals surface area contributed by atoms with Crippen LogP contribution in [-0.2, 0) is 9.59 Å². The molecule has 2 aromatic rings. The van der Waals surface area contributed by atoms with E-state index in [4.69, 9.17) is 0 Å². The lowest BCUT2D eigenvalue weighted by atomic mass is 9.76. The molecule has 6 nitrogen and oxygen atoms in total. The van der Waals surface area contributed by atoms with Crippen molar-refractivity contribution < 1.29 is 14.0 Å². The fraction of sp³-hybridized carbons (Fsp3) is 0.417. The van der Waals surface area contributed by atoms with Gasteiger partial charge in [0, 0.05) is 37.7 Å². The molecule has 2 aliphatic heterocycles. The molecule has 2 aliphatic rings. The summed E-state index contributed by atoms with van der Waals surface area (Å²) in [7, 11) is 2.07. The first-order valence-corrected chi connectivity index (χ1v) is 10.7. The van der Waals surface area contributed by atoms with E-state index < -0.39 is 5.54 Å². The number of piperidine rings is 1. The Bertz CT molecular complexity index is 936. The third kappa shape index (κ3) is 4.62. The summed E-state index contributed by atoms with van der Waals surface area (Å²) in [4.78, 5) is 29.4. The number of likely N-dealkylation sites (N-methyl/N-ethyl adjacent to an activating group) is 1. The van der Waals surface area contributed by atoms with Crippen molar-refractivity contribution >= 4 is 17.5 Å². The minimum atomic E-state index is -0.407. The molecule has 7 heteroatoms. The fourth-order valence-corrected chi connectivity index (χ4v) is 5.34. The molecule has 0 bridgehead atoms. The van der Waals surface area contributed by atoms with Gasteiger partial charge in [-0.25, -0.2) is 4.39 Å². The number of rotatable bonds is 5. The van der Waals surface area contributed by atoms with Gasteiger partial charge in [0.05, 0.1) is 12.1 Å². The zero-order valence-electron chi connectivity index (χ0n) is 18.0. The van der Waals surface area contributed by atoms with E-state index in [1.165, 1.54) is 12.1 Å². The predicted molar refractivity (Wildman–Crippen MR) is 118 cm³/mol. The maximum Gasteiger partial charge on any atom is 0.238 e. The number of amides is 2. The van der Waals surface area contributed by atoms with Crippen molar-refractivity contribution in [3.8, 4) is 0 Å². The highest BCUT2D eigenvalue weighted by Crippen LogP contribution is 2.47. The van der Waals surface area contributed by atoms with Gasteiger partial charge in [-0.05, 0) is 49.8 Å². The van der Waals surface area contributed by atoms with Crippen LogP contribution < -0.4 is 10.6 Å². The molecule has 2 N–H and O–H groups in total. The molecular weight excluding hydrogens is 395 g/mol. The molecule has 4 rings (SSSR count). The van der Waals surface area contributed by atoms with Crippen molar-refractivity contribution in [2.45, 2.75) is 24.9 Å². The van der Waals surface area contributed by atoms with Crippen molar-refractivity contribution in [3.05, 3.63) is 66.0 Å². The third-order valence-corrected chi connectivity index (χ3v) is 6.38. The predicted octanol–water partition coefficient (Wildman–Crippen LogP) is 2.65. The molecule has 2 heterocycles. The van der Waals surface area contributed by atoms with Crippen molar-refractivity contribution in [1.82, 2.24) is 15.1 Å². The van der Waals surface area contributed by atoms with Gasteiger partial charge in [-0.2, -0.15) is 0 Å². The van der Waals surface area contributed by atoms with E-state index in [0.717, 1.165) is 25.1 Å². The highest BCUT2D eigenvalue weighted by Gasteiger charge is 2.55. The van der Waals surface area contributed by atoms with Crippen molar-refractivity contribution in [2.75, 3.05) is 38.5 Å². The summed E-state index contributed by atoms with van der Waals surface area (Å²) in [5.41, 5.74) is 1.31. The lowest BCUT2D eigenvalue weighted by Gasteiger charge is -2.44. The Morgan fingerprint density at radius 3 is 2.48 bits per heavy atom. The number of hydrogen-bond donors (Lipinski definition) is 2. The first kappa shape index (κ1) is 21.5. The van der Waals surface area contributed by atoms with E-state index in [-0.39, 0.29) is 36.1 Å². The minimum Gasteiger partial charge on any atom is -0.348 e. The van der Waals surface area contributed by atoms with E-state index in [2.05, 4.69) is 39.6 Å². The standard InChI is InChI=1S/C24H29FN4O2/c1-17(30)27-24-15-28(2)13-12-21(24)23(18-6-4-3-5-7-18)29(16-24)14-22(31)26-20-10-8-19(25)9-11-20/h3-11,21,23H,12-16H2,1-2H3,(H,26,31)(H,27,30)/t21-,23-,24-/m1/s1. The molecule has 2 aromatic carbocycles. The Labute approximate surface area is 182 Å². The fourth-order valence-electron chi connectivity index (χ4n) is 5.34. The molecule has 0 aliphatic carbocycles. The van der Waals surface area contributed by atoms with Gasteiger partial charge < -0.3 is 15.5 Å². The van der Waals surface area contributed by atoms with Gasteiger partial charge in [-0.1, -0.05) is 30.3 Å². The maximum absolute atomic E-state index is 13.2. The number of anilines is 1. The van der Waals surface area contributed by atoms with Crippen LogP contribution in [-0.4, -0.2) is 60.4 Å². The highest BCUT2D eigenvalue weighted by atomic mass is 19.1. The second kappa shape index (κ2) is 8.77. The number of fused-ring (bicyclic) bond motifs is 1. The monoisotopic (exact) mass is 424 g/mol. The van der Waals surface area contributed by atoms with Crippen LogP contribution in [0.1, 0.15) is 24.9 Å². The van der Waals surface area contributed by atoms with Crippen LogP contribution in [0.2, 0.25) is 0 Å². The average molecular weight is 425 g/mol. The van der Waals surface area contributed by atoms with E-state index >= 15 is 0 Å². The van der Waals surface area contributed by atoms with Gasteiger partial charge in [-0.3, -0.25) is 14.5 Å². The second-order valence-corrected chi connectivity index (χ2v) is 8.79. The molecule has 3 atom stereocenters. The highest BCUT2D eigenvalue weighted by molar-refractivity contribution is 5.92. The van der Waals surface area contributed by atoms with Crippen LogP contribution in [0, 0.1) is 11.7 Å². The quantitative estimate of drug-likeness (QED) is 0.775. The average Bonchev–Trinajstić information content (AvgIpc) is 3.01. The lowest BCUT2D eigenvalue weighted by molar-refractivity contribution is -0.122. The van der Waals surface area contributed by atoms with Crippen LogP contribution in [0.5, 0.6) is 0 Å². The summed E-state index contributed by atoms with van der Waals surface area (Å²) in [6.07, 6.45) is 0.937. The van der Waals surface area contributed by atoms with E-state index in [1.807, 2.05) is 18.2 Å². The van der Waals surface area contributed by atoms with Gasteiger partial charge >= 0.3 is 0 Å². The molecule has 2 saturated heterocycles. The molecule has 2 amide bonds. The molecule has 0 unspecified atom stereocenters. The number of benzene rings is 2. The Morgan fingerprint density at radius 2 is 1.81 bits per heavy atom. The van der Waals surface area contributed by atoms with Crippen LogP contribution in [0.25, 0.3) is 0 Å². The number of nitrogens with zero attached hydrogens (tertiary/aromatic N) is 2. The van der Waals surface area contributed by atoms with Gasteiger partial charge in [0.15, 0.2) is 0 Å². The molecule has 2 fully saturated rings. The first-order valence-electron chi connectivity index (χ1n) is 10.7. The van der Waals surface area contributed by atoms with Crippen molar-refractivity contribution in [3.63, 3.8) is 0 Å². The van der Waals surface area contributed by atoms with E-state index in [9.17, 15) is 14.0 Å². The SMILES string of the molecule is CC(=O)N[C@@]12CN(C)CC[C@@H]1[C@@H](c1ccccc1)N(CC(=O)Nc1ccc(F)cc1)C2. The number of nitrogens with one attached hydrogen (secondary N) is 2. The number of carbonyl (C=O) groups excluding carboxylic acids is 2. The van der Waals surface area contributed by atoms with Crippen LogP contribution in [0.4, 0.5) is 10.1 Å². The van der Waals surface area contributed by atoms with Gasteiger partial charge in [0.2, 0.25) is 11.8 Å². The lowest BCUT2D eigenvalue weighted by Crippen LogP contribution is -2.63. The van der Waals surface area contributed by atoms with Crippen LogP contribution >= 0.6 is 0 Å². The Morgan fingerprint density at radius 1 is 1.10 bits per heavy atom. The van der Waals surface area contributed by atoms with Crippen molar-refractivity contribution in [1.29, 1.82) is 0 Å². The molecule has 0 radical (unpaired) electrons. The van der Waals surface area contributed by atoms with Gasteiger partial charge in [0.25, 0.3) is 0 Å². The minimum absolute atomic E-state index is 0.0284. The van der Waals surface area contributed by atoms with Crippen molar-refractivity contribution in [2.24, 2.45) is 5.92 Å². The number of likely N-dealkylation sites (tertiary alicyclic amines) is 2. The maximum atomic E-state index is 13.2. The molecular formula is C24H29FN4O2. The summed E-state index contributed by atoms with van der Waals surface area (Å²) in [6.45, 7) is 4.04. The van der Waals surface area contributed by atoms with Gasteiger partial charge in [-0.15, -0.1) is 0 Å². The van der Waals surface area contributed by atoms with E-state index in [1.54, 1.807) is 19.1 Å². The zero-order valence-corrected chi connectivity index (χ0v) is 18.0. The Balaban J connectivity index is 1.61. The smallest absolute Gasteiger partial charge is 0.238 e. The largest absolute Gasteiger partial charge is 0.348 e. The van der Waals surface area contributed by atoms with Gasteiger partial charge in [0.1, 0.15) is 5.82 Å². The summed E-state index contributed by atoms with van der Waals surface area (Å²) in [5.74, 6) is -0.344. The normalized spacial score (nSPS) is 26.3. The first-order chi connectivity index (χ1) is 14.9. The Hall–Kier alpha value is -2.77. The van der Waals surface area contributed by atoms with Crippen LogP contribution in [0.15, 0.2) is 54.6 Å². The second-order valence-electron chi connectivity index (χ2n) is 8.79. The van der Waals surface area contributed by atoms with E-state index in [0.29, 0.717) is 12.2 Å².